The molecule has 30 heavy (non-hydrogen) atoms. The molecule has 0 aliphatic rings. The van der Waals surface area contributed by atoms with Crippen LogP contribution in [0.2, 0.25) is 0 Å². The molecule has 0 radical (unpaired) electrons. The van der Waals surface area contributed by atoms with Gasteiger partial charge in [-0.1, -0.05) is 19.1 Å². The molecule has 0 heterocycles. The van der Waals surface area contributed by atoms with Gasteiger partial charge in [0.15, 0.2) is 5.11 Å². The number of thiocarbonyl (C=S) groups is 1. The van der Waals surface area contributed by atoms with Crippen LogP contribution in [0.4, 0.5) is 0 Å². The van der Waals surface area contributed by atoms with E-state index in [9.17, 15) is 9.59 Å². The van der Waals surface area contributed by atoms with E-state index < -0.39 is 11.8 Å². The van der Waals surface area contributed by atoms with Crippen LogP contribution in [-0.2, 0) is 0 Å². The molecule has 0 aromatic heterocycles. The van der Waals surface area contributed by atoms with E-state index in [1.54, 1.807) is 42.5 Å². The molecule has 9 heteroatoms. The molecule has 0 fully saturated rings. The van der Waals surface area contributed by atoms with Crippen LogP contribution in [0.5, 0.6) is 11.5 Å². The molecule has 0 aliphatic carbocycles. The van der Waals surface area contributed by atoms with Crippen molar-refractivity contribution in [2.45, 2.75) is 33.3 Å². The minimum absolute atomic E-state index is 0.0128. The lowest BCUT2D eigenvalue weighted by Gasteiger charge is -2.14. The number of benzene rings is 2. The smallest absolute Gasteiger partial charge is 0.273 e. The van der Waals surface area contributed by atoms with Gasteiger partial charge in [0.05, 0.1) is 22.7 Å². The first-order chi connectivity index (χ1) is 14.3. The van der Waals surface area contributed by atoms with E-state index >= 15 is 0 Å². The van der Waals surface area contributed by atoms with Crippen LogP contribution in [0.1, 0.15) is 47.9 Å². The predicted molar refractivity (Wildman–Crippen MR) is 123 cm³/mol. The molecule has 2 rings (SSSR count). The van der Waals surface area contributed by atoms with Crippen molar-refractivity contribution in [3.63, 3.8) is 0 Å². The molecule has 0 atom stereocenters. The van der Waals surface area contributed by atoms with Crippen LogP contribution >= 0.6 is 28.1 Å². The minimum atomic E-state index is -0.434. The molecule has 2 aromatic rings. The van der Waals surface area contributed by atoms with E-state index in [0.717, 1.165) is 6.42 Å². The number of halogens is 1. The second-order valence-electron chi connectivity index (χ2n) is 6.52. The topological polar surface area (TPSA) is 88.7 Å². The molecule has 0 saturated heterocycles. The van der Waals surface area contributed by atoms with Crippen LogP contribution in [0.15, 0.2) is 46.9 Å². The number of para-hydroxylation sites is 1. The van der Waals surface area contributed by atoms with E-state index in [1.807, 2.05) is 20.8 Å². The Kier molecular flexibility index (Phi) is 9.07. The second kappa shape index (κ2) is 11.5. The SMILES string of the molecule is CCCOc1ccccc1C(=O)NNC(=S)NC(=O)c1ccc(OC(C)C)c(Br)c1. The van der Waals surface area contributed by atoms with Crippen LogP contribution in [0, 0.1) is 0 Å². The van der Waals surface area contributed by atoms with Gasteiger partial charge in [-0.15, -0.1) is 0 Å². The van der Waals surface area contributed by atoms with Gasteiger partial charge in [0.1, 0.15) is 11.5 Å². The van der Waals surface area contributed by atoms with Gasteiger partial charge < -0.3 is 9.47 Å². The highest BCUT2D eigenvalue weighted by molar-refractivity contribution is 9.10. The van der Waals surface area contributed by atoms with Gasteiger partial charge >= 0.3 is 0 Å². The summed E-state index contributed by atoms with van der Waals surface area (Å²) in [4.78, 5) is 24.8. The minimum Gasteiger partial charge on any atom is -0.493 e. The normalized spacial score (nSPS) is 10.3. The highest BCUT2D eigenvalue weighted by Crippen LogP contribution is 2.27. The van der Waals surface area contributed by atoms with Crippen molar-refractivity contribution in [2.24, 2.45) is 0 Å². The van der Waals surface area contributed by atoms with Gasteiger partial charge in [-0.2, -0.15) is 0 Å². The summed E-state index contributed by atoms with van der Waals surface area (Å²) in [5.41, 5.74) is 5.73. The summed E-state index contributed by atoms with van der Waals surface area (Å²) in [6, 6.07) is 11.8. The Labute approximate surface area is 189 Å². The van der Waals surface area contributed by atoms with Crippen LogP contribution < -0.4 is 25.6 Å². The first kappa shape index (κ1) is 23.6. The maximum absolute atomic E-state index is 12.4. The molecule has 2 amide bonds. The first-order valence-electron chi connectivity index (χ1n) is 9.41. The van der Waals surface area contributed by atoms with E-state index in [2.05, 4.69) is 32.1 Å². The number of carbonyl (C=O) groups excluding carboxylic acids is 2. The molecule has 3 N–H and O–H groups in total. The van der Waals surface area contributed by atoms with Crippen LogP contribution in [-0.4, -0.2) is 29.6 Å². The maximum atomic E-state index is 12.4. The zero-order chi connectivity index (χ0) is 22.1. The van der Waals surface area contributed by atoms with Crippen molar-refractivity contribution in [3.8, 4) is 11.5 Å². The molecule has 0 spiro atoms. The molecule has 0 aliphatic heterocycles. The third-order valence-electron chi connectivity index (χ3n) is 3.67. The fourth-order valence-corrected chi connectivity index (χ4v) is 2.99. The standard InChI is InChI=1S/C21H24BrN3O4S/c1-4-11-28-17-8-6-5-7-15(17)20(27)24-25-21(30)23-19(26)14-9-10-18(16(22)12-14)29-13(2)3/h5-10,12-13H,4,11H2,1-3H3,(H,24,27)(H2,23,25,26,30). The van der Waals surface area contributed by atoms with Gasteiger partial charge in [0, 0.05) is 5.56 Å². The summed E-state index contributed by atoms with van der Waals surface area (Å²) in [5, 5.41) is 2.47. The molecule has 160 valence electrons. The third-order valence-corrected chi connectivity index (χ3v) is 4.49. The van der Waals surface area contributed by atoms with Gasteiger partial charge in [-0.25, -0.2) is 0 Å². The maximum Gasteiger partial charge on any atom is 0.273 e. The van der Waals surface area contributed by atoms with E-state index in [4.69, 9.17) is 21.7 Å². The van der Waals surface area contributed by atoms with Gasteiger partial charge in [0.2, 0.25) is 0 Å². The fraction of sp³-hybridized carbons (Fsp3) is 0.286. The van der Waals surface area contributed by atoms with E-state index in [1.165, 1.54) is 0 Å². The van der Waals surface area contributed by atoms with E-state index in [0.29, 0.717) is 33.7 Å². The number of amides is 2. The lowest BCUT2D eigenvalue weighted by atomic mass is 10.2. The van der Waals surface area contributed by atoms with Crippen molar-refractivity contribution < 1.29 is 19.1 Å². The molecule has 0 bridgehead atoms. The monoisotopic (exact) mass is 493 g/mol. The molecule has 2 aromatic carbocycles. The van der Waals surface area contributed by atoms with Crippen molar-refractivity contribution in [2.75, 3.05) is 6.61 Å². The molecular weight excluding hydrogens is 470 g/mol. The van der Waals surface area contributed by atoms with Crippen molar-refractivity contribution in [3.05, 3.63) is 58.1 Å². The Hall–Kier alpha value is -2.65. The molecular formula is C21H24BrN3O4S. The highest BCUT2D eigenvalue weighted by Gasteiger charge is 2.14. The number of carbonyl (C=O) groups is 2. The Bertz CT molecular complexity index is 921. The summed E-state index contributed by atoms with van der Waals surface area (Å²) in [7, 11) is 0. The van der Waals surface area contributed by atoms with Gasteiger partial charge in [-0.3, -0.25) is 25.8 Å². The van der Waals surface area contributed by atoms with Crippen LogP contribution in [0.3, 0.4) is 0 Å². The number of hydrogen-bond donors (Lipinski definition) is 3. The first-order valence-corrected chi connectivity index (χ1v) is 10.6. The average Bonchev–Trinajstić information content (AvgIpc) is 2.71. The van der Waals surface area contributed by atoms with Crippen molar-refractivity contribution in [1.29, 1.82) is 0 Å². The zero-order valence-electron chi connectivity index (χ0n) is 17.0. The fourth-order valence-electron chi connectivity index (χ4n) is 2.37. The largest absolute Gasteiger partial charge is 0.493 e. The zero-order valence-corrected chi connectivity index (χ0v) is 19.4. The number of nitrogens with one attached hydrogen (secondary N) is 3. The van der Waals surface area contributed by atoms with Crippen LogP contribution in [0.25, 0.3) is 0 Å². The Morgan fingerprint density at radius 2 is 1.80 bits per heavy atom. The quantitative estimate of drug-likeness (QED) is 0.399. The van der Waals surface area contributed by atoms with Crippen molar-refractivity contribution in [1.82, 2.24) is 16.2 Å². The summed E-state index contributed by atoms with van der Waals surface area (Å²) in [6.45, 7) is 6.32. The molecule has 0 unspecified atom stereocenters. The summed E-state index contributed by atoms with van der Waals surface area (Å²) < 4.78 is 11.9. The summed E-state index contributed by atoms with van der Waals surface area (Å²) in [5.74, 6) is 0.252. The van der Waals surface area contributed by atoms with Gasteiger partial charge in [0.25, 0.3) is 11.8 Å². The number of ether oxygens (including phenoxy) is 2. The Balaban J connectivity index is 1.92. The summed E-state index contributed by atoms with van der Waals surface area (Å²) in [6.07, 6.45) is 0.837. The number of rotatable bonds is 7. The molecule has 0 saturated carbocycles. The third kappa shape index (κ3) is 7.00. The number of hydrazine groups is 1. The van der Waals surface area contributed by atoms with Gasteiger partial charge in [-0.05, 0) is 78.7 Å². The van der Waals surface area contributed by atoms with E-state index in [-0.39, 0.29) is 11.2 Å². The lowest BCUT2D eigenvalue weighted by Crippen LogP contribution is -2.48. The lowest BCUT2D eigenvalue weighted by molar-refractivity contribution is 0.0931. The average molecular weight is 494 g/mol. The number of hydrogen-bond acceptors (Lipinski definition) is 5. The highest BCUT2D eigenvalue weighted by atomic mass is 79.9. The van der Waals surface area contributed by atoms with Crippen molar-refractivity contribution >= 4 is 45.1 Å². The second-order valence-corrected chi connectivity index (χ2v) is 7.78. The molecule has 7 nitrogen and oxygen atoms in total. The Morgan fingerprint density at radius 1 is 1.07 bits per heavy atom. The predicted octanol–water partition coefficient (Wildman–Crippen LogP) is 3.97. The summed E-state index contributed by atoms with van der Waals surface area (Å²) >= 11 is 8.48. The Morgan fingerprint density at radius 3 is 2.47 bits per heavy atom.